The van der Waals surface area contributed by atoms with Crippen LogP contribution in [0.25, 0.3) is 0 Å². The molecule has 1 aliphatic heterocycles. The van der Waals surface area contributed by atoms with Crippen LogP contribution < -0.4 is 15.5 Å². The third-order valence-corrected chi connectivity index (χ3v) is 5.64. The molecule has 30 heavy (non-hydrogen) atoms. The van der Waals surface area contributed by atoms with E-state index in [-0.39, 0.29) is 22.8 Å². The van der Waals surface area contributed by atoms with Crippen LogP contribution in [0, 0.1) is 5.92 Å². The molecule has 2 aromatic carbocycles. The summed E-state index contributed by atoms with van der Waals surface area (Å²) in [6.45, 7) is 6.98. The predicted molar refractivity (Wildman–Crippen MR) is 128 cm³/mol. The third-order valence-electron chi connectivity index (χ3n) is 4.91. The van der Waals surface area contributed by atoms with Crippen molar-refractivity contribution in [1.29, 1.82) is 0 Å². The number of anilines is 2. The van der Waals surface area contributed by atoms with E-state index in [2.05, 4.69) is 31.5 Å². The number of amides is 2. The number of carbonyl (C=O) groups excluding carboxylic acids is 2. The first-order valence-corrected chi connectivity index (χ1v) is 11.1. The minimum absolute atomic E-state index is 0.0370. The molecule has 0 unspecified atom stereocenters. The first kappa shape index (κ1) is 22.2. The Hall–Kier alpha value is -2.45. The second-order valence-electron chi connectivity index (χ2n) is 7.43. The summed E-state index contributed by atoms with van der Waals surface area (Å²) in [5, 5.41) is 5.97. The molecule has 2 amide bonds. The summed E-state index contributed by atoms with van der Waals surface area (Å²) >= 11 is 8.60. The van der Waals surface area contributed by atoms with E-state index < -0.39 is 0 Å². The largest absolute Gasteiger partial charge is 0.368 e. The fourth-order valence-corrected chi connectivity index (χ4v) is 3.72. The second kappa shape index (κ2) is 10.0. The van der Waals surface area contributed by atoms with Crippen LogP contribution in [0.5, 0.6) is 0 Å². The summed E-state index contributed by atoms with van der Waals surface area (Å²) in [6.07, 6.45) is 0. The summed E-state index contributed by atoms with van der Waals surface area (Å²) in [5.74, 6) is -0.00617. The van der Waals surface area contributed by atoms with Crippen LogP contribution in [0.2, 0.25) is 0 Å². The van der Waals surface area contributed by atoms with Crippen molar-refractivity contribution in [3.63, 3.8) is 0 Å². The van der Waals surface area contributed by atoms with Crippen LogP contribution >= 0.6 is 28.1 Å². The van der Waals surface area contributed by atoms with E-state index in [4.69, 9.17) is 12.2 Å². The third kappa shape index (κ3) is 5.79. The molecule has 0 atom stereocenters. The smallest absolute Gasteiger partial charge is 0.257 e. The van der Waals surface area contributed by atoms with Gasteiger partial charge in [-0.2, -0.15) is 0 Å². The summed E-state index contributed by atoms with van der Waals surface area (Å²) in [4.78, 5) is 28.6. The molecule has 0 aromatic heterocycles. The SMILES string of the molecule is CC(C)C(=O)N1CCN(c2ccc(NC(=S)NC(=O)c3ccc(Br)cc3)cc2)CC1. The quantitative estimate of drug-likeness (QED) is 0.639. The molecule has 3 rings (SSSR count). The summed E-state index contributed by atoms with van der Waals surface area (Å²) < 4.78 is 0.910. The van der Waals surface area contributed by atoms with Crippen molar-refractivity contribution in [2.45, 2.75) is 13.8 Å². The molecule has 1 aliphatic rings. The molecule has 2 N–H and O–H groups in total. The number of halogens is 1. The number of hydrogen-bond donors (Lipinski definition) is 2. The van der Waals surface area contributed by atoms with E-state index in [1.54, 1.807) is 12.1 Å². The Labute approximate surface area is 190 Å². The normalized spacial score (nSPS) is 13.9. The highest BCUT2D eigenvalue weighted by atomic mass is 79.9. The van der Waals surface area contributed by atoms with Crippen molar-refractivity contribution < 1.29 is 9.59 Å². The molecule has 6 nitrogen and oxygen atoms in total. The lowest BCUT2D eigenvalue weighted by molar-refractivity contribution is -0.134. The molecule has 1 heterocycles. The van der Waals surface area contributed by atoms with Gasteiger partial charge in [-0.1, -0.05) is 29.8 Å². The molecule has 1 saturated heterocycles. The average molecular weight is 489 g/mol. The van der Waals surface area contributed by atoms with Gasteiger partial charge in [-0.15, -0.1) is 0 Å². The average Bonchev–Trinajstić information content (AvgIpc) is 2.74. The highest BCUT2D eigenvalue weighted by molar-refractivity contribution is 9.10. The van der Waals surface area contributed by atoms with Crippen molar-refractivity contribution in [3.8, 4) is 0 Å². The van der Waals surface area contributed by atoms with Gasteiger partial charge in [0.15, 0.2) is 5.11 Å². The maximum Gasteiger partial charge on any atom is 0.257 e. The molecule has 0 saturated carbocycles. The number of benzene rings is 2. The number of carbonyl (C=O) groups is 2. The predicted octanol–water partition coefficient (Wildman–Crippen LogP) is 3.88. The van der Waals surface area contributed by atoms with Crippen LogP contribution in [0.1, 0.15) is 24.2 Å². The first-order valence-electron chi connectivity index (χ1n) is 9.85. The summed E-state index contributed by atoms with van der Waals surface area (Å²) in [7, 11) is 0. The molecule has 158 valence electrons. The van der Waals surface area contributed by atoms with Gasteiger partial charge in [0.2, 0.25) is 5.91 Å². The van der Waals surface area contributed by atoms with Gasteiger partial charge in [-0.25, -0.2) is 0 Å². The first-order chi connectivity index (χ1) is 14.3. The van der Waals surface area contributed by atoms with Crippen LogP contribution in [0.15, 0.2) is 53.0 Å². The van der Waals surface area contributed by atoms with Gasteiger partial charge in [0.25, 0.3) is 5.91 Å². The standard InChI is InChI=1S/C22H25BrN4O2S/c1-15(2)21(29)27-13-11-26(12-14-27)19-9-7-18(8-10-19)24-22(30)25-20(28)16-3-5-17(23)6-4-16/h3-10,15H,11-14H2,1-2H3,(H2,24,25,28,30). The van der Waals surface area contributed by atoms with E-state index in [9.17, 15) is 9.59 Å². The van der Waals surface area contributed by atoms with E-state index >= 15 is 0 Å². The zero-order chi connectivity index (χ0) is 21.7. The summed E-state index contributed by atoms with van der Waals surface area (Å²) in [6, 6.07) is 15.0. The van der Waals surface area contributed by atoms with Gasteiger partial charge in [-0.05, 0) is 60.7 Å². The van der Waals surface area contributed by atoms with Gasteiger partial charge < -0.3 is 15.1 Å². The Bertz CT molecular complexity index is 908. The Kier molecular flexibility index (Phi) is 7.44. The van der Waals surface area contributed by atoms with Crippen molar-refractivity contribution in [2.24, 2.45) is 5.92 Å². The van der Waals surface area contributed by atoms with Crippen LogP contribution in [-0.4, -0.2) is 48.0 Å². The van der Waals surface area contributed by atoms with Gasteiger partial charge in [-0.3, -0.25) is 14.9 Å². The van der Waals surface area contributed by atoms with Crippen molar-refractivity contribution in [3.05, 3.63) is 58.6 Å². The molecular formula is C22H25BrN4O2S. The molecule has 1 fully saturated rings. The Morgan fingerprint density at radius 2 is 1.57 bits per heavy atom. The van der Waals surface area contributed by atoms with Gasteiger partial charge >= 0.3 is 0 Å². The van der Waals surface area contributed by atoms with Crippen molar-refractivity contribution >= 4 is 56.4 Å². The number of thiocarbonyl (C=S) groups is 1. The minimum Gasteiger partial charge on any atom is -0.368 e. The van der Waals surface area contributed by atoms with Crippen LogP contribution in [0.3, 0.4) is 0 Å². The lowest BCUT2D eigenvalue weighted by Crippen LogP contribution is -2.49. The lowest BCUT2D eigenvalue weighted by atomic mass is 10.1. The number of nitrogens with zero attached hydrogens (tertiary/aromatic N) is 2. The monoisotopic (exact) mass is 488 g/mol. The maximum absolute atomic E-state index is 12.2. The number of nitrogens with one attached hydrogen (secondary N) is 2. The lowest BCUT2D eigenvalue weighted by Gasteiger charge is -2.37. The van der Waals surface area contributed by atoms with Gasteiger partial charge in [0.1, 0.15) is 0 Å². The number of hydrogen-bond acceptors (Lipinski definition) is 4. The van der Waals surface area contributed by atoms with Crippen molar-refractivity contribution in [1.82, 2.24) is 10.2 Å². The van der Waals surface area contributed by atoms with Gasteiger partial charge in [0.05, 0.1) is 0 Å². The Balaban J connectivity index is 1.51. The van der Waals surface area contributed by atoms with Crippen molar-refractivity contribution in [2.75, 3.05) is 36.4 Å². The maximum atomic E-state index is 12.2. The molecule has 0 spiro atoms. The number of rotatable bonds is 4. The fraction of sp³-hybridized carbons (Fsp3) is 0.318. The fourth-order valence-electron chi connectivity index (χ4n) is 3.24. The van der Waals surface area contributed by atoms with E-state index in [1.165, 1.54) is 0 Å². The van der Waals surface area contributed by atoms with Crippen LogP contribution in [-0.2, 0) is 4.79 Å². The topological polar surface area (TPSA) is 64.7 Å². The molecule has 2 aromatic rings. The highest BCUT2D eigenvalue weighted by Gasteiger charge is 2.22. The minimum atomic E-state index is -0.259. The van der Waals surface area contributed by atoms with Crippen LogP contribution in [0.4, 0.5) is 11.4 Å². The molecule has 0 bridgehead atoms. The van der Waals surface area contributed by atoms with E-state index in [0.717, 1.165) is 42.0 Å². The van der Waals surface area contributed by atoms with E-state index in [0.29, 0.717) is 5.56 Å². The number of piperazine rings is 1. The molecular weight excluding hydrogens is 464 g/mol. The van der Waals surface area contributed by atoms with Gasteiger partial charge in [0, 0.05) is 53.5 Å². The Morgan fingerprint density at radius 3 is 2.13 bits per heavy atom. The molecule has 0 radical (unpaired) electrons. The Morgan fingerprint density at radius 1 is 0.967 bits per heavy atom. The zero-order valence-electron chi connectivity index (χ0n) is 17.0. The molecule has 0 aliphatic carbocycles. The highest BCUT2D eigenvalue weighted by Crippen LogP contribution is 2.20. The zero-order valence-corrected chi connectivity index (χ0v) is 19.4. The van der Waals surface area contributed by atoms with E-state index in [1.807, 2.05) is 55.1 Å². The second-order valence-corrected chi connectivity index (χ2v) is 8.75. The summed E-state index contributed by atoms with van der Waals surface area (Å²) in [5.41, 5.74) is 2.43. The molecule has 8 heteroatoms.